The van der Waals surface area contributed by atoms with E-state index in [0.29, 0.717) is 0 Å². The van der Waals surface area contributed by atoms with Gasteiger partial charge in [0.05, 0.1) is 6.04 Å². The van der Waals surface area contributed by atoms with Crippen LogP contribution in [0.15, 0.2) is 24.3 Å². The highest BCUT2D eigenvalue weighted by molar-refractivity contribution is 5.97. The van der Waals surface area contributed by atoms with E-state index in [1.54, 1.807) is 0 Å². The lowest BCUT2D eigenvalue weighted by Crippen LogP contribution is -2.62. The third-order valence-corrected chi connectivity index (χ3v) is 7.74. The van der Waals surface area contributed by atoms with Crippen molar-refractivity contribution in [3.8, 4) is 0 Å². The first-order valence-corrected chi connectivity index (χ1v) is 10.9. The topological polar surface area (TPSA) is 61.4 Å². The van der Waals surface area contributed by atoms with Gasteiger partial charge in [-0.3, -0.25) is 15.0 Å². The number of rotatable bonds is 3. The second kappa shape index (κ2) is 6.87. The fraction of sp³-hybridized carbons (Fsp3) is 0.652. The Labute approximate surface area is 167 Å². The van der Waals surface area contributed by atoms with Gasteiger partial charge in [0.15, 0.2) is 0 Å². The Morgan fingerprint density at radius 3 is 2.29 bits per heavy atom. The molecule has 150 valence electrons. The first kappa shape index (κ1) is 18.2. The van der Waals surface area contributed by atoms with Crippen molar-refractivity contribution in [3.63, 3.8) is 0 Å². The van der Waals surface area contributed by atoms with Crippen molar-refractivity contribution in [1.29, 1.82) is 0 Å². The average molecular weight is 382 g/mol. The molecule has 1 heterocycles. The molecule has 0 radical (unpaired) electrons. The van der Waals surface area contributed by atoms with E-state index in [1.165, 1.54) is 30.4 Å². The number of amides is 3. The molecular weight excluding hydrogens is 350 g/mol. The number of urea groups is 1. The van der Waals surface area contributed by atoms with Crippen molar-refractivity contribution >= 4 is 11.9 Å². The number of fused-ring (bicyclic) bond motifs is 1. The minimum Gasteiger partial charge on any atom is -0.332 e. The molecule has 4 fully saturated rings. The molecule has 1 aliphatic heterocycles. The molecule has 28 heavy (non-hydrogen) atoms. The predicted octanol–water partition coefficient (Wildman–Crippen LogP) is 3.23. The molecular formula is C23H31N3O2. The molecule has 0 aromatic heterocycles. The summed E-state index contributed by atoms with van der Waals surface area (Å²) in [7, 11) is 0. The molecule has 5 nitrogen and oxygen atoms in total. The van der Waals surface area contributed by atoms with Gasteiger partial charge in [-0.1, -0.05) is 24.3 Å². The van der Waals surface area contributed by atoms with Crippen LogP contribution < -0.4 is 10.6 Å². The Kier molecular flexibility index (Phi) is 4.46. The number of benzene rings is 1. The Morgan fingerprint density at radius 2 is 1.64 bits per heavy atom. The van der Waals surface area contributed by atoms with Crippen LogP contribution in [0.1, 0.15) is 56.6 Å². The van der Waals surface area contributed by atoms with Crippen molar-refractivity contribution in [3.05, 3.63) is 35.4 Å². The normalized spacial score (nSPS) is 34.5. The van der Waals surface area contributed by atoms with Crippen molar-refractivity contribution in [2.24, 2.45) is 17.8 Å². The lowest BCUT2D eigenvalue weighted by molar-refractivity contribution is -0.125. The number of carbonyl (C=O) groups excluding carboxylic acids is 2. The standard InChI is InChI=1S/C23H31N3O2/c1-15(26-7-6-19-4-2-3-5-20(19)14-26)21(27)24-22(28)25-23-11-16-8-17(12-23)10-18(9-16)13-23/h2-5,15-18H,6-14H2,1H3,(H2,24,25,27,28). The molecule has 1 atom stereocenters. The Morgan fingerprint density at radius 1 is 1.04 bits per heavy atom. The summed E-state index contributed by atoms with van der Waals surface area (Å²) < 4.78 is 0. The molecule has 0 spiro atoms. The van der Waals surface area contributed by atoms with E-state index in [9.17, 15) is 9.59 Å². The Hall–Kier alpha value is -1.88. The molecule has 2 N–H and O–H groups in total. The molecule has 6 rings (SSSR count). The molecule has 4 bridgehead atoms. The third-order valence-electron chi connectivity index (χ3n) is 7.74. The molecule has 1 aromatic carbocycles. The second-order valence-electron chi connectivity index (χ2n) is 9.81. The smallest absolute Gasteiger partial charge is 0.321 e. The molecule has 4 aliphatic carbocycles. The largest absolute Gasteiger partial charge is 0.332 e. The summed E-state index contributed by atoms with van der Waals surface area (Å²) in [5.41, 5.74) is 2.59. The fourth-order valence-corrected chi connectivity index (χ4v) is 6.77. The van der Waals surface area contributed by atoms with E-state index in [-0.39, 0.29) is 23.5 Å². The van der Waals surface area contributed by atoms with Gasteiger partial charge in [0.25, 0.3) is 0 Å². The summed E-state index contributed by atoms with van der Waals surface area (Å²) in [4.78, 5) is 27.6. The first-order valence-electron chi connectivity index (χ1n) is 10.9. The van der Waals surface area contributed by atoms with Gasteiger partial charge in [0, 0.05) is 18.6 Å². The molecule has 1 unspecified atom stereocenters. The SMILES string of the molecule is CC(C(=O)NC(=O)NC12CC3CC(CC(C3)C1)C2)N1CCc2ccccc2C1. The molecule has 4 saturated carbocycles. The Balaban J connectivity index is 1.18. The van der Waals surface area contributed by atoms with E-state index in [4.69, 9.17) is 0 Å². The van der Waals surface area contributed by atoms with E-state index >= 15 is 0 Å². The summed E-state index contributed by atoms with van der Waals surface area (Å²) in [6, 6.07) is 7.81. The van der Waals surface area contributed by atoms with Crippen LogP contribution in [-0.2, 0) is 17.8 Å². The van der Waals surface area contributed by atoms with Gasteiger partial charge >= 0.3 is 6.03 Å². The highest BCUT2D eigenvalue weighted by Gasteiger charge is 2.51. The lowest BCUT2D eigenvalue weighted by atomic mass is 9.53. The number of nitrogens with one attached hydrogen (secondary N) is 2. The van der Waals surface area contributed by atoms with Gasteiger partial charge in [0.1, 0.15) is 0 Å². The van der Waals surface area contributed by atoms with Crippen LogP contribution in [0.3, 0.4) is 0 Å². The zero-order valence-corrected chi connectivity index (χ0v) is 16.7. The zero-order valence-electron chi connectivity index (χ0n) is 16.7. The molecule has 1 aromatic rings. The summed E-state index contributed by atoms with van der Waals surface area (Å²) in [6.07, 6.45) is 8.27. The minimum atomic E-state index is -0.310. The highest BCUT2D eigenvalue weighted by Crippen LogP contribution is 2.55. The molecule has 3 amide bonds. The number of hydrogen-bond acceptors (Lipinski definition) is 3. The van der Waals surface area contributed by atoms with Crippen LogP contribution in [0.5, 0.6) is 0 Å². The van der Waals surface area contributed by atoms with Gasteiger partial charge < -0.3 is 5.32 Å². The van der Waals surface area contributed by atoms with Crippen LogP contribution in [0.4, 0.5) is 4.79 Å². The molecule has 0 saturated heterocycles. The van der Waals surface area contributed by atoms with Crippen LogP contribution >= 0.6 is 0 Å². The zero-order chi connectivity index (χ0) is 19.3. The van der Waals surface area contributed by atoms with E-state index in [1.807, 2.05) is 13.0 Å². The van der Waals surface area contributed by atoms with E-state index in [2.05, 4.69) is 33.7 Å². The summed E-state index contributed by atoms with van der Waals surface area (Å²) in [5, 5.41) is 5.88. The fourth-order valence-electron chi connectivity index (χ4n) is 6.77. The van der Waals surface area contributed by atoms with Gasteiger partial charge in [-0.25, -0.2) is 4.79 Å². The maximum absolute atomic E-state index is 12.7. The lowest BCUT2D eigenvalue weighted by Gasteiger charge is -2.56. The van der Waals surface area contributed by atoms with Crippen molar-refractivity contribution in [2.45, 2.75) is 70.0 Å². The summed E-state index contributed by atoms with van der Waals surface area (Å²) in [6.45, 7) is 3.52. The number of nitrogens with zero attached hydrogens (tertiary/aromatic N) is 1. The Bertz CT molecular complexity index is 755. The van der Waals surface area contributed by atoms with Gasteiger partial charge in [-0.2, -0.15) is 0 Å². The second-order valence-corrected chi connectivity index (χ2v) is 9.81. The number of imide groups is 1. The summed E-state index contributed by atoms with van der Waals surface area (Å²) in [5.74, 6) is 2.13. The maximum atomic E-state index is 12.7. The average Bonchev–Trinajstić information content (AvgIpc) is 2.65. The van der Waals surface area contributed by atoms with Gasteiger partial charge in [-0.05, 0) is 80.8 Å². The van der Waals surface area contributed by atoms with Crippen LogP contribution in [0, 0.1) is 17.8 Å². The minimum absolute atomic E-state index is 0.0631. The number of hydrogen-bond donors (Lipinski definition) is 2. The predicted molar refractivity (Wildman–Crippen MR) is 108 cm³/mol. The third kappa shape index (κ3) is 3.34. The van der Waals surface area contributed by atoms with Crippen LogP contribution in [0.2, 0.25) is 0 Å². The summed E-state index contributed by atoms with van der Waals surface area (Å²) >= 11 is 0. The van der Waals surface area contributed by atoms with Gasteiger partial charge in [0.2, 0.25) is 5.91 Å². The highest BCUT2D eigenvalue weighted by atomic mass is 16.2. The van der Waals surface area contributed by atoms with Crippen molar-refractivity contribution < 1.29 is 9.59 Å². The maximum Gasteiger partial charge on any atom is 0.321 e. The van der Waals surface area contributed by atoms with E-state index in [0.717, 1.165) is 56.5 Å². The van der Waals surface area contributed by atoms with Gasteiger partial charge in [-0.15, -0.1) is 0 Å². The number of carbonyl (C=O) groups is 2. The molecule has 5 heteroatoms. The van der Waals surface area contributed by atoms with Crippen molar-refractivity contribution in [2.75, 3.05) is 6.54 Å². The van der Waals surface area contributed by atoms with Crippen molar-refractivity contribution in [1.82, 2.24) is 15.5 Å². The van der Waals surface area contributed by atoms with E-state index < -0.39 is 0 Å². The van der Waals surface area contributed by atoms with Crippen LogP contribution in [0.25, 0.3) is 0 Å². The van der Waals surface area contributed by atoms with Crippen LogP contribution in [-0.4, -0.2) is 35.0 Å². The monoisotopic (exact) mass is 381 g/mol. The molecule has 5 aliphatic rings. The quantitative estimate of drug-likeness (QED) is 0.845. The first-order chi connectivity index (χ1) is 13.5.